The van der Waals surface area contributed by atoms with Crippen LogP contribution in [0.2, 0.25) is 0 Å². The fraction of sp³-hybridized carbons (Fsp3) is 0.500. The SMILES string of the molecule is COCCO[C@H]1CCN(Cc2ccsc2)[C@H]1Cc1cccnc1. The molecule has 0 aromatic carbocycles. The summed E-state index contributed by atoms with van der Waals surface area (Å²) in [5.41, 5.74) is 2.67. The van der Waals surface area contributed by atoms with E-state index in [4.69, 9.17) is 9.47 Å². The molecule has 1 aliphatic heterocycles. The van der Waals surface area contributed by atoms with Gasteiger partial charge in [-0.15, -0.1) is 0 Å². The van der Waals surface area contributed by atoms with Crippen molar-refractivity contribution in [1.82, 2.24) is 9.88 Å². The molecule has 0 spiro atoms. The van der Waals surface area contributed by atoms with Crippen molar-refractivity contribution in [1.29, 1.82) is 0 Å². The minimum atomic E-state index is 0.268. The first kappa shape index (κ1) is 16.6. The highest BCUT2D eigenvalue weighted by Gasteiger charge is 2.34. The standard InChI is InChI=1S/C18H24N2O2S/c1-21-8-9-22-18-4-7-20(13-16-5-10-23-14-16)17(18)11-15-3-2-6-19-12-15/h2-3,5-6,10,12,14,17-18H,4,7-9,11,13H2,1H3/t17-,18-/m0/s1. The van der Waals surface area contributed by atoms with Crippen LogP contribution in [-0.4, -0.2) is 48.9 Å². The largest absolute Gasteiger partial charge is 0.382 e. The van der Waals surface area contributed by atoms with Gasteiger partial charge in [0, 0.05) is 38.6 Å². The van der Waals surface area contributed by atoms with Gasteiger partial charge < -0.3 is 9.47 Å². The van der Waals surface area contributed by atoms with Gasteiger partial charge in [-0.3, -0.25) is 9.88 Å². The Kier molecular flexibility index (Phi) is 6.16. The third kappa shape index (κ3) is 4.61. The molecule has 2 aromatic rings. The van der Waals surface area contributed by atoms with E-state index in [0.717, 1.165) is 25.9 Å². The molecule has 1 saturated heterocycles. The van der Waals surface area contributed by atoms with Crippen molar-refractivity contribution in [2.24, 2.45) is 0 Å². The van der Waals surface area contributed by atoms with Crippen LogP contribution < -0.4 is 0 Å². The van der Waals surface area contributed by atoms with Gasteiger partial charge in [-0.25, -0.2) is 0 Å². The van der Waals surface area contributed by atoms with Crippen molar-refractivity contribution >= 4 is 11.3 Å². The lowest BCUT2D eigenvalue weighted by Crippen LogP contribution is -2.38. The van der Waals surface area contributed by atoms with E-state index >= 15 is 0 Å². The molecule has 3 rings (SSSR count). The average molecular weight is 332 g/mol. The molecule has 3 heterocycles. The molecule has 1 fully saturated rings. The number of pyridine rings is 1. The number of hydrogen-bond donors (Lipinski definition) is 0. The van der Waals surface area contributed by atoms with Crippen molar-refractivity contribution in [3.63, 3.8) is 0 Å². The molecule has 5 heteroatoms. The number of likely N-dealkylation sites (tertiary alicyclic amines) is 1. The van der Waals surface area contributed by atoms with Crippen molar-refractivity contribution < 1.29 is 9.47 Å². The number of aromatic nitrogens is 1. The lowest BCUT2D eigenvalue weighted by Gasteiger charge is -2.28. The Hall–Kier alpha value is -1.27. The molecule has 0 N–H and O–H groups in total. The van der Waals surface area contributed by atoms with Crippen molar-refractivity contribution in [2.45, 2.75) is 31.5 Å². The number of rotatable bonds is 8. The summed E-state index contributed by atoms with van der Waals surface area (Å²) in [6, 6.07) is 6.77. The molecule has 0 aliphatic carbocycles. The van der Waals surface area contributed by atoms with Crippen molar-refractivity contribution in [3.05, 3.63) is 52.5 Å². The van der Waals surface area contributed by atoms with Crippen LogP contribution in [0, 0.1) is 0 Å². The molecule has 2 aromatic heterocycles. The van der Waals surface area contributed by atoms with Gasteiger partial charge in [0.2, 0.25) is 0 Å². The van der Waals surface area contributed by atoms with Gasteiger partial charge in [0.15, 0.2) is 0 Å². The first-order valence-corrected chi connectivity index (χ1v) is 9.05. The normalized spacial score (nSPS) is 21.8. The molecule has 0 bridgehead atoms. The lowest BCUT2D eigenvalue weighted by molar-refractivity contribution is -0.00131. The summed E-state index contributed by atoms with van der Waals surface area (Å²) in [6.07, 6.45) is 6.12. The minimum absolute atomic E-state index is 0.268. The van der Waals surface area contributed by atoms with E-state index in [1.807, 2.05) is 18.5 Å². The summed E-state index contributed by atoms with van der Waals surface area (Å²) in [5.74, 6) is 0. The summed E-state index contributed by atoms with van der Waals surface area (Å²) >= 11 is 1.76. The van der Waals surface area contributed by atoms with Crippen LogP contribution in [0.4, 0.5) is 0 Å². The highest BCUT2D eigenvalue weighted by molar-refractivity contribution is 7.07. The van der Waals surface area contributed by atoms with Gasteiger partial charge >= 0.3 is 0 Å². The zero-order valence-electron chi connectivity index (χ0n) is 13.6. The minimum Gasteiger partial charge on any atom is -0.382 e. The van der Waals surface area contributed by atoms with E-state index in [1.54, 1.807) is 18.4 Å². The Morgan fingerprint density at radius 3 is 3.00 bits per heavy atom. The molecule has 0 radical (unpaired) electrons. The third-order valence-corrected chi connectivity index (χ3v) is 5.08. The maximum absolute atomic E-state index is 6.09. The molecule has 2 atom stereocenters. The zero-order valence-corrected chi connectivity index (χ0v) is 14.4. The number of hydrogen-bond acceptors (Lipinski definition) is 5. The fourth-order valence-corrected chi connectivity index (χ4v) is 3.86. The first-order chi connectivity index (χ1) is 11.4. The van der Waals surface area contributed by atoms with Crippen molar-refractivity contribution in [3.8, 4) is 0 Å². The smallest absolute Gasteiger partial charge is 0.0746 e. The molecular weight excluding hydrogens is 308 g/mol. The van der Waals surface area contributed by atoms with Gasteiger partial charge in [-0.2, -0.15) is 11.3 Å². The number of ether oxygens (including phenoxy) is 2. The van der Waals surface area contributed by atoms with Gasteiger partial charge in [-0.1, -0.05) is 6.07 Å². The zero-order chi connectivity index (χ0) is 15.9. The van der Waals surface area contributed by atoms with Crippen LogP contribution in [0.25, 0.3) is 0 Å². The van der Waals surface area contributed by atoms with E-state index in [0.29, 0.717) is 19.3 Å². The summed E-state index contributed by atoms with van der Waals surface area (Å²) in [7, 11) is 1.72. The van der Waals surface area contributed by atoms with Crippen molar-refractivity contribution in [2.75, 3.05) is 26.9 Å². The van der Waals surface area contributed by atoms with Gasteiger partial charge in [0.05, 0.1) is 19.3 Å². The fourth-order valence-electron chi connectivity index (χ4n) is 3.20. The highest BCUT2D eigenvalue weighted by Crippen LogP contribution is 2.26. The van der Waals surface area contributed by atoms with E-state index in [-0.39, 0.29) is 6.10 Å². The second-order valence-electron chi connectivity index (χ2n) is 5.93. The summed E-state index contributed by atoms with van der Waals surface area (Å²) in [5, 5.41) is 4.38. The maximum Gasteiger partial charge on any atom is 0.0746 e. The molecule has 4 nitrogen and oxygen atoms in total. The van der Waals surface area contributed by atoms with Crippen LogP contribution in [-0.2, 0) is 22.4 Å². The molecule has 1 aliphatic rings. The molecular formula is C18H24N2O2S. The molecule has 0 unspecified atom stereocenters. The second-order valence-corrected chi connectivity index (χ2v) is 6.71. The summed E-state index contributed by atoms with van der Waals surface area (Å²) in [4.78, 5) is 6.80. The van der Waals surface area contributed by atoms with E-state index in [1.165, 1.54) is 11.1 Å². The number of thiophene rings is 1. The lowest BCUT2D eigenvalue weighted by atomic mass is 10.0. The topological polar surface area (TPSA) is 34.6 Å². The monoisotopic (exact) mass is 332 g/mol. The quantitative estimate of drug-likeness (QED) is 0.696. The maximum atomic E-state index is 6.09. The van der Waals surface area contributed by atoms with Gasteiger partial charge in [0.25, 0.3) is 0 Å². The predicted octanol–water partition coefficient (Wildman–Crippen LogP) is 2.99. The van der Waals surface area contributed by atoms with Crippen LogP contribution in [0.15, 0.2) is 41.4 Å². The molecule has 23 heavy (non-hydrogen) atoms. The van der Waals surface area contributed by atoms with Crippen LogP contribution in [0.5, 0.6) is 0 Å². The van der Waals surface area contributed by atoms with Gasteiger partial charge in [0.1, 0.15) is 0 Å². The number of nitrogens with zero attached hydrogens (tertiary/aromatic N) is 2. The Bertz CT molecular complexity index is 562. The second kappa shape index (κ2) is 8.55. The van der Waals surface area contributed by atoms with Crippen LogP contribution in [0.1, 0.15) is 17.5 Å². The average Bonchev–Trinajstić information content (AvgIpc) is 3.21. The van der Waals surface area contributed by atoms with E-state index < -0.39 is 0 Å². The summed E-state index contributed by atoms with van der Waals surface area (Å²) in [6.45, 7) is 3.40. The first-order valence-electron chi connectivity index (χ1n) is 8.11. The predicted molar refractivity (Wildman–Crippen MR) is 92.7 cm³/mol. The Morgan fingerprint density at radius 1 is 1.30 bits per heavy atom. The van der Waals surface area contributed by atoms with E-state index in [9.17, 15) is 0 Å². The third-order valence-electron chi connectivity index (χ3n) is 4.35. The van der Waals surface area contributed by atoms with Gasteiger partial charge in [-0.05, 0) is 46.9 Å². The summed E-state index contributed by atoms with van der Waals surface area (Å²) < 4.78 is 11.2. The Balaban J connectivity index is 1.67. The number of methoxy groups -OCH3 is 1. The Morgan fingerprint density at radius 2 is 2.26 bits per heavy atom. The van der Waals surface area contributed by atoms with Crippen LogP contribution >= 0.6 is 11.3 Å². The Labute approximate surface area is 142 Å². The molecule has 124 valence electrons. The van der Waals surface area contributed by atoms with Crippen LogP contribution in [0.3, 0.4) is 0 Å². The highest BCUT2D eigenvalue weighted by atomic mass is 32.1. The van der Waals surface area contributed by atoms with E-state index in [2.05, 4.69) is 32.8 Å². The molecule has 0 amide bonds. The molecule has 0 saturated carbocycles.